The van der Waals surface area contributed by atoms with E-state index in [4.69, 9.17) is 9.47 Å². The van der Waals surface area contributed by atoms with Gasteiger partial charge in [0.15, 0.2) is 6.10 Å². The summed E-state index contributed by atoms with van der Waals surface area (Å²) < 4.78 is 10.7. The molecular formula is C57H94O5. The van der Waals surface area contributed by atoms with Gasteiger partial charge in [0, 0.05) is 12.8 Å². The van der Waals surface area contributed by atoms with E-state index in [1.54, 1.807) is 0 Å². The van der Waals surface area contributed by atoms with E-state index in [2.05, 4.69) is 123 Å². The molecule has 1 atom stereocenters. The molecule has 0 saturated heterocycles. The zero-order chi connectivity index (χ0) is 44.9. The Balaban J connectivity index is 3.62. The van der Waals surface area contributed by atoms with Crippen molar-refractivity contribution >= 4 is 11.9 Å². The van der Waals surface area contributed by atoms with Gasteiger partial charge in [-0.15, -0.1) is 0 Å². The minimum atomic E-state index is -0.793. The fraction of sp³-hybridized carbons (Fsp3) is 0.649. The largest absolute Gasteiger partial charge is 0.462 e. The van der Waals surface area contributed by atoms with E-state index in [-0.39, 0.29) is 25.2 Å². The van der Waals surface area contributed by atoms with Crippen molar-refractivity contribution in [2.24, 2.45) is 0 Å². The highest BCUT2D eigenvalue weighted by Gasteiger charge is 2.16. The fourth-order valence-corrected chi connectivity index (χ4v) is 6.74. The number of carbonyl (C=O) groups is 2. The lowest BCUT2D eigenvalue weighted by atomic mass is 10.1. The van der Waals surface area contributed by atoms with Gasteiger partial charge >= 0.3 is 11.9 Å². The Hall–Kier alpha value is -3.44. The Bertz CT molecular complexity index is 1250. The first kappa shape index (κ1) is 58.6. The molecule has 0 saturated carbocycles. The molecule has 0 heterocycles. The maximum Gasteiger partial charge on any atom is 0.306 e. The number of ether oxygens (including phenoxy) is 2. The molecule has 0 aromatic rings. The molecule has 0 aliphatic carbocycles. The highest BCUT2D eigenvalue weighted by molar-refractivity contribution is 5.70. The Morgan fingerprint density at radius 1 is 0.387 bits per heavy atom. The van der Waals surface area contributed by atoms with E-state index in [9.17, 15) is 14.7 Å². The number of rotatable bonds is 45. The van der Waals surface area contributed by atoms with Gasteiger partial charge in [-0.2, -0.15) is 0 Å². The van der Waals surface area contributed by atoms with E-state index in [0.717, 1.165) is 109 Å². The summed E-state index contributed by atoms with van der Waals surface area (Å²) in [6.07, 6.45) is 74.6. The second-order valence-corrected chi connectivity index (χ2v) is 16.5. The lowest BCUT2D eigenvalue weighted by Crippen LogP contribution is -2.28. The molecule has 1 unspecified atom stereocenters. The zero-order valence-corrected chi connectivity index (χ0v) is 40.1. The van der Waals surface area contributed by atoms with Gasteiger partial charge in [0.05, 0.1) is 6.61 Å². The summed E-state index contributed by atoms with van der Waals surface area (Å²) >= 11 is 0. The summed E-state index contributed by atoms with van der Waals surface area (Å²) in [6, 6.07) is 0. The number of esters is 2. The van der Waals surface area contributed by atoms with Crippen LogP contribution in [0.4, 0.5) is 0 Å². The second kappa shape index (κ2) is 51.9. The topological polar surface area (TPSA) is 72.8 Å². The maximum absolute atomic E-state index is 12.3. The normalized spacial score (nSPS) is 13.1. The summed E-state index contributed by atoms with van der Waals surface area (Å²) in [5, 5.41) is 9.63. The van der Waals surface area contributed by atoms with Gasteiger partial charge in [-0.3, -0.25) is 9.59 Å². The Morgan fingerprint density at radius 3 is 1.05 bits per heavy atom. The van der Waals surface area contributed by atoms with Gasteiger partial charge in [0.25, 0.3) is 0 Å². The molecule has 0 aromatic carbocycles. The van der Waals surface area contributed by atoms with Crippen LogP contribution in [-0.2, 0) is 19.1 Å². The summed E-state index contributed by atoms with van der Waals surface area (Å²) in [7, 11) is 0. The average molecular weight is 859 g/mol. The SMILES string of the molecule is CC/C=C\C/C=C\C/C=C\C/C=C\C/C=C\C/C=C\C/C=C\CCCCCCCC(=O)OC(CO)COC(=O)CCCCCCCCCCC/C=C\C/C=C\CCCCCCC. The molecule has 0 radical (unpaired) electrons. The molecule has 62 heavy (non-hydrogen) atoms. The van der Waals surface area contributed by atoms with Crippen molar-refractivity contribution in [3.63, 3.8) is 0 Å². The first-order chi connectivity index (χ1) is 30.6. The van der Waals surface area contributed by atoms with Crippen LogP contribution in [0.3, 0.4) is 0 Å². The average Bonchev–Trinajstić information content (AvgIpc) is 3.28. The van der Waals surface area contributed by atoms with Crippen molar-refractivity contribution in [2.75, 3.05) is 13.2 Å². The van der Waals surface area contributed by atoms with Crippen LogP contribution in [0.25, 0.3) is 0 Å². The smallest absolute Gasteiger partial charge is 0.306 e. The summed E-state index contributed by atoms with van der Waals surface area (Å²) in [5.74, 6) is -0.623. The number of carbonyl (C=O) groups excluding carboxylic acids is 2. The van der Waals surface area contributed by atoms with E-state index in [0.29, 0.717) is 12.8 Å². The number of allylic oxidation sites excluding steroid dienone is 18. The minimum Gasteiger partial charge on any atom is -0.462 e. The maximum atomic E-state index is 12.3. The molecule has 1 N–H and O–H groups in total. The van der Waals surface area contributed by atoms with Crippen LogP contribution in [0.15, 0.2) is 109 Å². The van der Waals surface area contributed by atoms with E-state index < -0.39 is 6.10 Å². The van der Waals surface area contributed by atoms with Gasteiger partial charge in [0.1, 0.15) is 6.61 Å². The fourth-order valence-electron chi connectivity index (χ4n) is 6.74. The molecule has 0 spiro atoms. The molecular weight excluding hydrogens is 765 g/mol. The standard InChI is InChI=1S/C57H94O5/c1-3-5-7-9-11-13-15-17-19-21-23-25-26-27-28-29-30-32-34-36-38-40-42-44-46-48-50-52-57(60)62-55(53-58)54-61-56(59)51-49-47-45-43-41-39-37-35-33-31-24-22-20-18-16-14-12-10-8-6-4-2/h5,7,11,13,16-19,22-25,27-28,30,32,36,38,55,58H,3-4,6,8-10,12,14-15,20-21,26,29,31,33-35,37,39-54H2,1-2H3/b7-5-,13-11-,18-16-,19-17-,24-22-,25-23-,28-27-,32-30-,38-36-. The molecule has 0 aliphatic heterocycles. The Kier molecular flexibility index (Phi) is 49.0. The monoisotopic (exact) mass is 859 g/mol. The zero-order valence-electron chi connectivity index (χ0n) is 40.1. The summed E-state index contributed by atoms with van der Waals surface area (Å²) in [6.45, 7) is 3.99. The van der Waals surface area contributed by atoms with Crippen LogP contribution < -0.4 is 0 Å². The van der Waals surface area contributed by atoms with Crippen molar-refractivity contribution in [1.82, 2.24) is 0 Å². The molecule has 0 aromatic heterocycles. The first-order valence-corrected chi connectivity index (χ1v) is 25.4. The molecule has 0 aliphatic rings. The lowest BCUT2D eigenvalue weighted by Gasteiger charge is -2.15. The number of aliphatic hydroxyl groups is 1. The predicted octanol–water partition coefficient (Wildman–Crippen LogP) is 17.0. The van der Waals surface area contributed by atoms with Gasteiger partial charge in [-0.05, 0) is 103 Å². The molecule has 0 fully saturated rings. The van der Waals surface area contributed by atoms with Crippen molar-refractivity contribution in [2.45, 2.75) is 225 Å². The summed E-state index contributed by atoms with van der Waals surface area (Å²) in [5.41, 5.74) is 0. The van der Waals surface area contributed by atoms with Gasteiger partial charge in [-0.25, -0.2) is 0 Å². The van der Waals surface area contributed by atoms with Crippen LogP contribution in [0.5, 0.6) is 0 Å². The van der Waals surface area contributed by atoms with E-state index in [1.807, 2.05) is 0 Å². The van der Waals surface area contributed by atoms with Crippen LogP contribution in [0, 0.1) is 0 Å². The van der Waals surface area contributed by atoms with Crippen molar-refractivity contribution in [3.05, 3.63) is 109 Å². The Labute approximate surface area is 382 Å². The number of hydrogen-bond donors (Lipinski definition) is 1. The molecule has 0 amide bonds. The van der Waals surface area contributed by atoms with Crippen molar-refractivity contribution < 1.29 is 24.2 Å². The van der Waals surface area contributed by atoms with Crippen LogP contribution in [0.1, 0.15) is 219 Å². The van der Waals surface area contributed by atoms with Gasteiger partial charge in [0.2, 0.25) is 0 Å². The van der Waals surface area contributed by atoms with Crippen LogP contribution in [0.2, 0.25) is 0 Å². The number of aliphatic hydroxyl groups excluding tert-OH is 1. The molecule has 352 valence electrons. The third-order valence-electron chi connectivity index (χ3n) is 10.6. The quantitative estimate of drug-likeness (QED) is 0.0375. The van der Waals surface area contributed by atoms with Crippen molar-refractivity contribution in [1.29, 1.82) is 0 Å². The van der Waals surface area contributed by atoms with Crippen LogP contribution in [-0.4, -0.2) is 36.4 Å². The van der Waals surface area contributed by atoms with E-state index >= 15 is 0 Å². The summed E-state index contributed by atoms with van der Waals surface area (Å²) in [4.78, 5) is 24.5. The van der Waals surface area contributed by atoms with Gasteiger partial charge < -0.3 is 14.6 Å². The third kappa shape index (κ3) is 49.2. The van der Waals surface area contributed by atoms with Gasteiger partial charge in [-0.1, -0.05) is 213 Å². The highest BCUT2D eigenvalue weighted by atomic mass is 16.6. The first-order valence-electron chi connectivity index (χ1n) is 25.4. The lowest BCUT2D eigenvalue weighted by molar-refractivity contribution is -0.161. The van der Waals surface area contributed by atoms with E-state index in [1.165, 1.54) is 83.5 Å². The third-order valence-corrected chi connectivity index (χ3v) is 10.6. The minimum absolute atomic E-state index is 0.0826. The van der Waals surface area contributed by atoms with Crippen LogP contribution >= 0.6 is 0 Å². The molecule has 5 heteroatoms. The predicted molar refractivity (Wildman–Crippen MR) is 269 cm³/mol. The molecule has 0 bridgehead atoms. The second-order valence-electron chi connectivity index (χ2n) is 16.5. The molecule has 5 nitrogen and oxygen atoms in total. The number of unbranched alkanes of at least 4 members (excludes halogenated alkanes) is 19. The molecule has 0 rings (SSSR count). The van der Waals surface area contributed by atoms with Crippen molar-refractivity contribution in [3.8, 4) is 0 Å². The number of hydrogen-bond acceptors (Lipinski definition) is 5. The Morgan fingerprint density at radius 2 is 0.694 bits per heavy atom. The highest BCUT2D eigenvalue weighted by Crippen LogP contribution is 2.13.